The molecule has 1 heterocycles. The van der Waals surface area contributed by atoms with Gasteiger partial charge < -0.3 is 5.11 Å². The highest BCUT2D eigenvalue weighted by molar-refractivity contribution is 5.66. The van der Waals surface area contributed by atoms with E-state index in [-0.39, 0.29) is 6.42 Å². The highest BCUT2D eigenvalue weighted by atomic mass is 16.4. The Morgan fingerprint density at radius 3 is 2.88 bits per heavy atom. The Balaban J connectivity index is 1.84. The number of hydrogen-bond donors (Lipinski definition) is 2. The molecule has 1 aliphatic carbocycles. The second-order valence-electron chi connectivity index (χ2n) is 4.37. The predicted octanol–water partition coefficient (Wildman–Crippen LogP) is 1.87. The van der Waals surface area contributed by atoms with Crippen molar-refractivity contribution in [3.05, 3.63) is 11.6 Å². The van der Waals surface area contributed by atoms with E-state index in [1.807, 2.05) is 0 Å². The molecule has 5 heteroatoms. The Morgan fingerprint density at radius 2 is 2.19 bits per heavy atom. The average Bonchev–Trinajstić information content (AvgIpc) is 2.85. The van der Waals surface area contributed by atoms with Crippen molar-refractivity contribution in [1.29, 1.82) is 0 Å². The number of nitrogens with zero attached hydrogens (tertiary/aromatic N) is 2. The molecule has 1 fully saturated rings. The molecular weight excluding hydrogens is 206 g/mol. The molecular formula is C11H17N3O2. The molecule has 5 nitrogen and oxygen atoms in total. The molecule has 0 bridgehead atoms. The van der Waals surface area contributed by atoms with E-state index in [1.165, 1.54) is 25.7 Å². The van der Waals surface area contributed by atoms with Gasteiger partial charge in [0.1, 0.15) is 5.82 Å². The molecule has 1 aliphatic rings. The Morgan fingerprint density at radius 1 is 1.44 bits per heavy atom. The molecule has 16 heavy (non-hydrogen) atoms. The van der Waals surface area contributed by atoms with Crippen LogP contribution in [0.1, 0.15) is 56.1 Å². The van der Waals surface area contributed by atoms with Crippen molar-refractivity contribution in [1.82, 2.24) is 15.2 Å². The van der Waals surface area contributed by atoms with Gasteiger partial charge in [0.05, 0.1) is 0 Å². The summed E-state index contributed by atoms with van der Waals surface area (Å²) in [5.41, 5.74) is 0. The normalized spacial score (nSPS) is 16.8. The maximum atomic E-state index is 10.4. The minimum Gasteiger partial charge on any atom is -0.481 e. The smallest absolute Gasteiger partial charge is 0.303 e. The number of carboxylic acids is 1. The Hall–Kier alpha value is -1.39. The summed E-state index contributed by atoms with van der Waals surface area (Å²) in [4.78, 5) is 14.8. The molecule has 0 radical (unpaired) electrons. The van der Waals surface area contributed by atoms with Crippen LogP contribution in [0.15, 0.2) is 0 Å². The highest BCUT2D eigenvalue weighted by Crippen LogP contribution is 2.31. The van der Waals surface area contributed by atoms with Gasteiger partial charge in [-0.25, -0.2) is 4.98 Å². The molecule has 0 saturated heterocycles. The fraction of sp³-hybridized carbons (Fsp3) is 0.727. The van der Waals surface area contributed by atoms with Gasteiger partial charge in [-0.05, 0) is 19.3 Å². The Labute approximate surface area is 94.3 Å². The first-order valence-electron chi connectivity index (χ1n) is 5.88. The van der Waals surface area contributed by atoms with E-state index in [1.54, 1.807) is 0 Å². The van der Waals surface area contributed by atoms with Gasteiger partial charge >= 0.3 is 5.97 Å². The maximum absolute atomic E-state index is 10.4. The number of aromatic nitrogens is 3. The number of H-pyrrole nitrogens is 1. The van der Waals surface area contributed by atoms with Gasteiger partial charge in [-0.15, -0.1) is 0 Å². The molecule has 0 aromatic carbocycles. The monoisotopic (exact) mass is 223 g/mol. The molecule has 0 aliphatic heterocycles. The van der Waals surface area contributed by atoms with Crippen molar-refractivity contribution in [2.24, 2.45) is 0 Å². The number of hydrogen-bond acceptors (Lipinski definition) is 3. The second kappa shape index (κ2) is 5.09. The lowest BCUT2D eigenvalue weighted by molar-refractivity contribution is -0.137. The number of aromatic amines is 1. The van der Waals surface area contributed by atoms with Gasteiger partial charge in [-0.3, -0.25) is 9.89 Å². The number of rotatable bonds is 5. The van der Waals surface area contributed by atoms with Crippen LogP contribution >= 0.6 is 0 Å². The lowest BCUT2D eigenvalue weighted by Gasteiger charge is -2.00. The zero-order valence-corrected chi connectivity index (χ0v) is 9.28. The molecule has 1 aromatic rings. The van der Waals surface area contributed by atoms with Crippen LogP contribution in [0, 0.1) is 0 Å². The predicted molar refractivity (Wildman–Crippen MR) is 58.2 cm³/mol. The summed E-state index contributed by atoms with van der Waals surface area (Å²) < 4.78 is 0. The fourth-order valence-electron chi connectivity index (χ4n) is 2.20. The number of carboxylic acid groups (broad SMARTS) is 1. The van der Waals surface area contributed by atoms with Crippen LogP contribution in [-0.4, -0.2) is 26.3 Å². The van der Waals surface area contributed by atoms with Crippen LogP contribution in [0.2, 0.25) is 0 Å². The summed E-state index contributed by atoms with van der Waals surface area (Å²) in [5, 5.41) is 15.6. The second-order valence-corrected chi connectivity index (χ2v) is 4.37. The number of aryl methyl sites for hydroxylation is 1. The van der Waals surface area contributed by atoms with Gasteiger partial charge in [-0.1, -0.05) is 12.8 Å². The maximum Gasteiger partial charge on any atom is 0.303 e. The summed E-state index contributed by atoms with van der Waals surface area (Å²) in [6, 6.07) is 0. The number of nitrogens with one attached hydrogen (secondary N) is 1. The number of carbonyl (C=O) groups is 1. The SMILES string of the molecule is O=C(O)CCCc1nc(C2CCCC2)n[nH]1. The van der Waals surface area contributed by atoms with Crippen LogP contribution in [0.3, 0.4) is 0 Å². The van der Waals surface area contributed by atoms with Crippen molar-refractivity contribution >= 4 is 5.97 Å². The van der Waals surface area contributed by atoms with E-state index < -0.39 is 5.97 Å². The summed E-state index contributed by atoms with van der Waals surface area (Å²) in [5.74, 6) is 1.51. The standard InChI is InChI=1S/C11H17N3O2/c15-10(16)7-3-6-9-12-11(14-13-9)8-4-1-2-5-8/h8H,1-7H2,(H,15,16)(H,12,13,14). The first-order chi connectivity index (χ1) is 7.75. The van der Waals surface area contributed by atoms with Gasteiger partial charge in [0.15, 0.2) is 5.82 Å². The summed E-state index contributed by atoms with van der Waals surface area (Å²) in [7, 11) is 0. The van der Waals surface area contributed by atoms with E-state index in [0.717, 1.165) is 11.6 Å². The minimum atomic E-state index is -0.754. The van der Waals surface area contributed by atoms with Crippen molar-refractivity contribution in [2.45, 2.75) is 50.9 Å². The largest absolute Gasteiger partial charge is 0.481 e. The van der Waals surface area contributed by atoms with E-state index in [9.17, 15) is 4.79 Å². The third kappa shape index (κ3) is 2.81. The lowest BCUT2D eigenvalue weighted by atomic mass is 10.1. The fourth-order valence-corrected chi connectivity index (χ4v) is 2.20. The van der Waals surface area contributed by atoms with Gasteiger partial charge in [-0.2, -0.15) is 5.10 Å². The molecule has 2 N–H and O–H groups in total. The topological polar surface area (TPSA) is 78.9 Å². The quantitative estimate of drug-likeness (QED) is 0.798. The third-order valence-corrected chi connectivity index (χ3v) is 3.07. The molecule has 1 saturated carbocycles. The van der Waals surface area contributed by atoms with Crippen LogP contribution in [0.25, 0.3) is 0 Å². The van der Waals surface area contributed by atoms with Crippen molar-refractivity contribution in [2.75, 3.05) is 0 Å². The Bertz CT molecular complexity index is 356. The number of aliphatic carboxylic acids is 1. The van der Waals surface area contributed by atoms with E-state index >= 15 is 0 Å². The summed E-state index contributed by atoms with van der Waals surface area (Å²) >= 11 is 0. The van der Waals surface area contributed by atoms with E-state index in [4.69, 9.17) is 5.11 Å². The molecule has 0 spiro atoms. The van der Waals surface area contributed by atoms with Gasteiger partial charge in [0, 0.05) is 18.8 Å². The van der Waals surface area contributed by atoms with Crippen LogP contribution < -0.4 is 0 Å². The zero-order valence-electron chi connectivity index (χ0n) is 9.28. The van der Waals surface area contributed by atoms with Gasteiger partial charge in [0.2, 0.25) is 0 Å². The van der Waals surface area contributed by atoms with Crippen LogP contribution in [-0.2, 0) is 11.2 Å². The zero-order chi connectivity index (χ0) is 11.4. The first kappa shape index (κ1) is 11.1. The first-order valence-corrected chi connectivity index (χ1v) is 5.88. The lowest BCUT2D eigenvalue weighted by Crippen LogP contribution is -1.97. The van der Waals surface area contributed by atoms with Gasteiger partial charge in [0.25, 0.3) is 0 Å². The van der Waals surface area contributed by atoms with Crippen molar-refractivity contribution < 1.29 is 9.90 Å². The molecule has 0 unspecified atom stereocenters. The van der Waals surface area contributed by atoms with E-state index in [0.29, 0.717) is 18.8 Å². The van der Waals surface area contributed by atoms with Crippen molar-refractivity contribution in [3.8, 4) is 0 Å². The molecule has 2 rings (SSSR count). The highest BCUT2D eigenvalue weighted by Gasteiger charge is 2.20. The van der Waals surface area contributed by atoms with Crippen molar-refractivity contribution in [3.63, 3.8) is 0 Å². The third-order valence-electron chi connectivity index (χ3n) is 3.07. The Kier molecular flexibility index (Phi) is 3.54. The van der Waals surface area contributed by atoms with Crippen LogP contribution in [0.5, 0.6) is 0 Å². The molecule has 1 aromatic heterocycles. The average molecular weight is 223 g/mol. The molecule has 88 valence electrons. The summed E-state index contributed by atoms with van der Waals surface area (Å²) in [6.07, 6.45) is 6.40. The van der Waals surface area contributed by atoms with Crippen LogP contribution in [0.4, 0.5) is 0 Å². The minimum absolute atomic E-state index is 0.194. The van der Waals surface area contributed by atoms with E-state index in [2.05, 4.69) is 15.2 Å². The molecule has 0 atom stereocenters. The summed E-state index contributed by atoms with van der Waals surface area (Å²) in [6.45, 7) is 0. The molecule has 0 amide bonds.